The topological polar surface area (TPSA) is 102 Å². The fourth-order valence-electron chi connectivity index (χ4n) is 3.86. The minimum absolute atomic E-state index is 0.0298. The average Bonchev–Trinajstić information content (AvgIpc) is 3.21. The zero-order valence-corrected chi connectivity index (χ0v) is 15.8. The molecule has 8 nitrogen and oxygen atoms in total. The number of hydrogen-bond acceptors (Lipinski definition) is 6. The molecule has 0 spiro atoms. The number of ether oxygens (including phenoxy) is 1. The summed E-state index contributed by atoms with van der Waals surface area (Å²) in [5.74, 6) is -0.478. The number of rotatable bonds is 1. The number of halogens is 1. The van der Waals surface area contributed by atoms with Crippen molar-refractivity contribution in [3.8, 4) is 6.07 Å². The van der Waals surface area contributed by atoms with Crippen LogP contribution in [-0.2, 0) is 4.74 Å². The molecule has 2 bridgehead atoms. The van der Waals surface area contributed by atoms with Crippen LogP contribution >= 0.6 is 0 Å². The number of amides is 1. The molecule has 0 aliphatic carbocycles. The molecular weight excluding hydrogens is 365 g/mol. The summed E-state index contributed by atoms with van der Waals surface area (Å²) < 4.78 is 20.1. The first kappa shape index (κ1) is 18.2. The summed E-state index contributed by atoms with van der Waals surface area (Å²) in [4.78, 5) is 35.2. The van der Waals surface area contributed by atoms with Gasteiger partial charge in [0.25, 0.3) is 0 Å². The number of nitrogens with zero attached hydrogens (tertiary/aromatic N) is 4. The van der Waals surface area contributed by atoms with E-state index in [9.17, 15) is 14.0 Å². The van der Waals surface area contributed by atoms with Gasteiger partial charge in [-0.2, -0.15) is 5.26 Å². The first-order valence-corrected chi connectivity index (χ1v) is 9.06. The number of hydrogen-bond donors (Lipinski definition) is 1. The summed E-state index contributed by atoms with van der Waals surface area (Å²) >= 11 is 0. The summed E-state index contributed by atoms with van der Waals surface area (Å²) in [7, 11) is 0. The van der Waals surface area contributed by atoms with Crippen molar-refractivity contribution in [3.05, 3.63) is 33.9 Å². The van der Waals surface area contributed by atoms with Gasteiger partial charge in [-0.3, -0.25) is 4.79 Å². The van der Waals surface area contributed by atoms with Crippen LogP contribution in [0, 0.1) is 17.1 Å². The number of pyridine rings is 2. The predicted octanol–water partition coefficient (Wildman–Crippen LogP) is 2.13. The van der Waals surface area contributed by atoms with Gasteiger partial charge in [0.1, 0.15) is 22.8 Å². The molecule has 2 saturated heterocycles. The second-order valence-corrected chi connectivity index (χ2v) is 8.16. The minimum Gasteiger partial charge on any atom is -0.444 e. The Hall–Kier alpha value is -3.15. The Morgan fingerprint density at radius 2 is 2.14 bits per heavy atom. The molecule has 0 radical (unpaired) electrons. The smallest absolute Gasteiger partial charge is 0.410 e. The Balaban J connectivity index is 1.62. The van der Waals surface area contributed by atoms with Crippen molar-refractivity contribution in [2.45, 2.75) is 44.9 Å². The van der Waals surface area contributed by atoms with Gasteiger partial charge in [0.15, 0.2) is 11.6 Å². The number of anilines is 1. The second-order valence-electron chi connectivity index (χ2n) is 8.16. The van der Waals surface area contributed by atoms with E-state index in [-0.39, 0.29) is 40.6 Å². The number of piperazine rings is 1. The lowest BCUT2D eigenvalue weighted by atomic mass is 10.2. The van der Waals surface area contributed by atoms with Crippen LogP contribution in [0.5, 0.6) is 0 Å². The maximum atomic E-state index is 14.7. The van der Waals surface area contributed by atoms with Crippen LogP contribution in [0.2, 0.25) is 0 Å². The number of aromatic amines is 1. The molecule has 2 atom stereocenters. The maximum Gasteiger partial charge on any atom is 0.410 e. The van der Waals surface area contributed by atoms with Gasteiger partial charge in [0, 0.05) is 25.4 Å². The second kappa shape index (κ2) is 6.19. The van der Waals surface area contributed by atoms with Crippen LogP contribution < -0.4 is 10.3 Å². The number of fused-ring (bicyclic) bond motifs is 3. The highest BCUT2D eigenvalue weighted by Crippen LogP contribution is 2.36. The van der Waals surface area contributed by atoms with E-state index in [4.69, 9.17) is 10.00 Å². The molecule has 4 rings (SSSR count). The van der Waals surface area contributed by atoms with Gasteiger partial charge in [0.2, 0.25) is 5.43 Å². The van der Waals surface area contributed by atoms with Crippen molar-refractivity contribution < 1.29 is 13.9 Å². The van der Waals surface area contributed by atoms with Crippen molar-refractivity contribution in [1.82, 2.24) is 14.9 Å². The number of nitriles is 1. The molecule has 2 aromatic heterocycles. The lowest BCUT2D eigenvalue weighted by molar-refractivity contribution is 0.0214. The molecule has 9 heteroatoms. The van der Waals surface area contributed by atoms with Crippen LogP contribution in [0.1, 0.15) is 32.8 Å². The van der Waals surface area contributed by atoms with Gasteiger partial charge in [-0.1, -0.05) is 0 Å². The SMILES string of the molecule is CC(C)(C)OC(=O)N1C[C@@H]2C[C@H]1CN2c1nc2c(=O)c(C#N)c[nH]c2cc1F. The first-order valence-electron chi connectivity index (χ1n) is 9.06. The predicted molar refractivity (Wildman–Crippen MR) is 99.5 cm³/mol. The zero-order chi connectivity index (χ0) is 20.2. The van der Waals surface area contributed by atoms with Crippen molar-refractivity contribution in [3.63, 3.8) is 0 Å². The van der Waals surface area contributed by atoms with Crippen molar-refractivity contribution in [1.29, 1.82) is 5.26 Å². The van der Waals surface area contributed by atoms with Crippen LogP contribution in [-0.4, -0.2) is 51.7 Å². The molecule has 1 N–H and O–H groups in total. The molecule has 28 heavy (non-hydrogen) atoms. The molecule has 0 unspecified atom stereocenters. The van der Waals surface area contributed by atoms with Crippen LogP contribution in [0.4, 0.5) is 15.0 Å². The van der Waals surface area contributed by atoms with E-state index in [0.29, 0.717) is 19.5 Å². The van der Waals surface area contributed by atoms with E-state index in [2.05, 4.69) is 9.97 Å². The molecule has 0 aromatic carbocycles. The van der Waals surface area contributed by atoms with Crippen LogP contribution in [0.25, 0.3) is 11.0 Å². The lowest BCUT2D eigenvalue weighted by Crippen LogP contribution is -2.50. The summed E-state index contributed by atoms with van der Waals surface area (Å²) in [6, 6.07) is 2.83. The quantitative estimate of drug-likeness (QED) is 0.807. The molecule has 4 heterocycles. The van der Waals surface area contributed by atoms with E-state index < -0.39 is 16.8 Å². The number of likely N-dealkylation sites (tertiary alicyclic amines) is 1. The summed E-state index contributed by atoms with van der Waals surface area (Å²) in [6.07, 6.45) is 1.57. The van der Waals surface area contributed by atoms with Gasteiger partial charge in [0.05, 0.1) is 17.6 Å². The van der Waals surface area contributed by atoms with Gasteiger partial charge in [-0.25, -0.2) is 14.2 Å². The Morgan fingerprint density at radius 1 is 1.39 bits per heavy atom. The van der Waals surface area contributed by atoms with E-state index >= 15 is 0 Å². The fourth-order valence-corrected chi connectivity index (χ4v) is 3.86. The van der Waals surface area contributed by atoms with E-state index in [0.717, 1.165) is 0 Å². The van der Waals surface area contributed by atoms with Crippen molar-refractivity contribution >= 4 is 22.9 Å². The molecule has 146 valence electrons. The number of nitrogens with one attached hydrogen (secondary N) is 1. The molecule has 1 amide bonds. The standard InChI is InChI=1S/C19H20FN5O3/c1-19(2,3)28-18(27)25-9-11-4-12(25)8-24(11)17-13(20)5-14-15(23-17)16(26)10(6-21)7-22-14/h5,7,11-12H,4,8-9H2,1-3H3,(H,22,26)/t11-,12-/m0/s1. The van der Waals surface area contributed by atoms with Gasteiger partial charge in [-0.15, -0.1) is 0 Å². The summed E-state index contributed by atoms with van der Waals surface area (Å²) in [5.41, 5.74) is -0.912. The third kappa shape index (κ3) is 2.95. The number of carbonyl (C=O) groups is 1. The fraction of sp³-hybridized carbons (Fsp3) is 0.474. The Labute approximate surface area is 160 Å². The Morgan fingerprint density at radius 3 is 2.75 bits per heavy atom. The highest BCUT2D eigenvalue weighted by molar-refractivity contribution is 5.78. The lowest BCUT2D eigenvalue weighted by Gasteiger charge is -2.35. The van der Waals surface area contributed by atoms with Crippen molar-refractivity contribution in [2.75, 3.05) is 18.0 Å². The normalized spacial score (nSPS) is 21.2. The number of aromatic nitrogens is 2. The minimum atomic E-state index is -0.579. The molecule has 2 aliphatic rings. The molecule has 2 aromatic rings. The zero-order valence-electron chi connectivity index (χ0n) is 15.8. The summed E-state index contributed by atoms with van der Waals surface area (Å²) in [6.45, 7) is 6.26. The molecule has 2 fully saturated rings. The van der Waals surface area contributed by atoms with Gasteiger partial charge in [-0.05, 0) is 27.2 Å². The Bertz CT molecular complexity index is 1070. The van der Waals surface area contributed by atoms with Crippen molar-refractivity contribution in [2.24, 2.45) is 0 Å². The monoisotopic (exact) mass is 385 g/mol. The van der Waals surface area contributed by atoms with Gasteiger partial charge < -0.3 is 19.5 Å². The van der Waals surface area contributed by atoms with Crippen LogP contribution in [0.3, 0.4) is 0 Å². The number of carbonyl (C=O) groups excluding carboxylic acids is 1. The largest absolute Gasteiger partial charge is 0.444 e. The average molecular weight is 385 g/mol. The van der Waals surface area contributed by atoms with Crippen LogP contribution in [0.15, 0.2) is 17.1 Å². The Kier molecular flexibility index (Phi) is 4.03. The third-order valence-corrected chi connectivity index (χ3v) is 5.05. The molecule has 0 saturated carbocycles. The highest BCUT2D eigenvalue weighted by atomic mass is 19.1. The third-order valence-electron chi connectivity index (χ3n) is 5.05. The highest BCUT2D eigenvalue weighted by Gasteiger charge is 2.47. The van der Waals surface area contributed by atoms with E-state index in [1.54, 1.807) is 15.9 Å². The number of H-pyrrole nitrogens is 1. The van der Waals surface area contributed by atoms with E-state index in [1.807, 2.05) is 20.8 Å². The maximum absolute atomic E-state index is 14.7. The van der Waals surface area contributed by atoms with E-state index in [1.165, 1.54) is 12.3 Å². The molecule has 2 aliphatic heterocycles. The molecular formula is C19H20FN5O3. The van der Waals surface area contributed by atoms with Gasteiger partial charge >= 0.3 is 6.09 Å². The first-order chi connectivity index (χ1) is 13.2. The summed E-state index contributed by atoms with van der Waals surface area (Å²) in [5, 5.41) is 9.03.